The summed E-state index contributed by atoms with van der Waals surface area (Å²) in [7, 11) is 0. The van der Waals surface area contributed by atoms with Crippen LogP contribution >= 0.6 is 0 Å². The first kappa shape index (κ1) is 21.9. The first-order valence-corrected chi connectivity index (χ1v) is 3.90. The van der Waals surface area contributed by atoms with Crippen LogP contribution in [0.15, 0.2) is 0 Å². The van der Waals surface area contributed by atoms with Crippen molar-refractivity contribution < 1.29 is 62.9 Å². The maximum Gasteiger partial charge on any atom is 0.462 e. The van der Waals surface area contributed by atoms with Crippen molar-refractivity contribution in [2.75, 3.05) is 0 Å². The fraction of sp³-hybridized carbons (Fsp3) is 0.833. The molecule has 0 rings (SSSR count). The third kappa shape index (κ3) is 3.63. The van der Waals surface area contributed by atoms with Gasteiger partial charge in [-0.25, -0.2) is 4.74 Å². The summed E-state index contributed by atoms with van der Waals surface area (Å²) in [5, 5.41) is 9.52. The van der Waals surface area contributed by atoms with E-state index in [0.717, 1.165) is 0 Å². The molecule has 0 aliphatic rings. The second-order valence-corrected chi connectivity index (χ2v) is 3.07. The topological polar surface area (TPSA) is 85.9 Å². The highest BCUT2D eigenvalue weighted by atomic mass is 19.4. The molecule has 0 aromatic heterocycles. The predicted octanol–water partition coefficient (Wildman–Crippen LogP) is 2.15. The molecule has 0 heterocycles. The number of rotatable bonds is 5. The minimum Gasteiger partial charge on any atom is -0.544 e. The number of alkyl halides is 11. The van der Waals surface area contributed by atoms with Gasteiger partial charge < -0.3 is 16.1 Å². The zero-order valence-electron chi connectivity index (χ0n) is 9.38. The third-order valence-corrected chi connectivity index (χ3v) is 1.60. The molecule has 0 atom stereocenters. The lowest BCUT2D eigenvalue weighted by atomic mass is 10.3. The van der Waals surface area contributed by atoms with Crippen molar-refractivity contribution in [1.82, 2.24) is 6.15 Å². The number of quaternary nitrogens is 1. The monoisotopic (exact) mass is 347 g/mol. The molecule has 0 bridgehead atoms. The fourth-order valence-electron chi connectivity index (χ4n) is 0.573. The van der Waals surface area contributed by atoms with Gasteiger partial charge in [0.2, 0.25) is 0 Å². The van der Waals surface area contributed by atoms with Gasteiger partial charge in [-0.2, -0.15) is 48.3 Å². The summed E-state index contributed by atoms with van der Waals surface area (Å²) in [6, 6.07) is 0. The molecule has 128 valence electrons. The summed E-state index contributed by atoms with van der Waals surface area (Å²) >= 11 is 0. The fourth-order valence-corrected chi connectivity index (χ4v) is 0.573. The maximum atomic E-state index is 12.3. The number of carbonyl (C=O) groups excluding carboxylic acids is 1. The first-order chi connectivity index (χ1) is 8.40. The molecule has 15 heteroatoms. The molecule has 0 saturated carbocycles. The standard InChI is InChI=1S/C6HF11O3.H3N/c7-2(8,1(18)19)5(14,15)20-6(16,17)3(9,10)4(11,12)13;/h(H,18,19);1H3. The molecule has 0 amide bonds. The molecule has 0 unspecified atom stereocenters. The van der Waals surface area contributed by atoms with Crippen LogP contribution in [0, 0.1) is 0 Å². The van der Waals surface area contributed by atoms with Crippen LogP contribution in [0.25, 0.3) is 0 Å². The molecule has 0 aromatic rings. The van der Waals surface area contributed by atoms with E-state index < -0.39 is 36.2 Å². The van der Waals surface area contributed by atoms with E-state index in [9.17, 15) is 58.2 Å². The highest BCUT2D eigenvalue weighted by Gasteiger charge is 2.78. The van der Waals surface area contributed by atoms with Crippen LogP contribution in [0.3, 0.4) is 0 Å². The number of hydrogen-bond donors (Lipinski definition) is 1. The van der Waals surface area contributed by atoms with Crippen molar-refractivity contribution >= 4 is 5.97 Å². The van der Waals surface area contributed by atoms with Crippen LogP contribution in [-0.2, 0) is 9.53 Å². The van der Waals surface area contributed by atoms with E-state index in [2.05, 4.69) is 0 Å². The van der Waals surface area contributed by atoms with Crippen LogP contribution in [0.1, 0.15) is 0 Å². The molecule has 0 aliphatic carbocycles. The lowest BCUT2D eigenvalue weighted by Gasteiger charge is -2.33. The zero-order valence-corrected chi connectivity index (χ0v) is 9.38. The van der Waals surface area contributed by atoms with Crippen molar-refractivity contribution in [3.05, 3.63) is 0 Å². The highest BCUT2D eigenvalue weighted by Crippen LogP contribution is 2.50. The van der Waals surface area contributed by atoms with Crippen molar-refractivity contribution in [3.63, 3.8) is 0 Å². The molecule has 4 nitrogen and oxygen atoms in total. The Balaban J connectivity index is 0. The number of carboxylic acids is 1. The van der Waals surface area contributed by atoms with Crippen molar-refractivity contribution in [1.29, 1.82) is 0 Å². The largest absolute Gasteiger partial charge is 0.544 e. The molecule has 0 aliphatic heterocycles. The summed E-state index contributed by atoms with van der Waals surface area (Å²) in [6.45, 7) is 0. The Labute approximate surface area is 107 Å². The van der Waals surface area contributed by atoms with E-state index in [1.165, 1.54) is 4.74 Å². The smallest absolute Gasteiger partial charge is 0.462 e. The Kier molecular flexibility index (Phi) is 5.67. The maximum absolute atomic E-state index is 12.3. The Bertz CT molecular complexity index is 390. The van der Waals surface area contributed by atoms with Gasteiger partial charge in [0.25, 0.3) is 0 Å². The van der Waals surface area contributed by atoms with Gasteiger partial charge in [0.05, 0.1) is 0 Å². The lowest BCUT2D eigenvalue weighted by Crippen LogP contribution is -2.61. The lowest BCUT2D eigenvalue weighted by molar-refractivity contribution is -0.496. The Hall–Kier alpha value is -1.38. The quantitative estimate of drug-likeness (QED) is 0.774. The zero-order chi connectivity index (χ0) is 16.8. The minimum atomic E-state index is -7.29. The summed E-state index contributed by atoms with van der Waals surface area (Å²) in [4.78, 5) is 9.52. The first-order valence-electron chi connectivity index (χ1n) is 3.90. The Morgan fingerprint density at radius 3 is 1.33 bits per heavy atom. The third-order valence-electron chi connectivity index (χ3n) is 1.60. The number of ether oxygens (including phenoxy) is 1. The molecular weight excluding hydrogens is 343 g/mol. The number of hydrogen-bond acceptors (Lipinski definition) is 3. The molecule has 0 saturated heterocycles. The predicted molar refractivity (Wildman–Crippen MR) is 37.9 cm³/mol. The van der Waals surface area contributed by atoms with E-state index in [1.54, 1.807) is 0 Å². The molecule has 0 radical (unpaired) electrons. The average molecular weight is 347 g/mol. The number of carboxylic acid groups (broad SMARTS) is 1. The average Bonchev–Trinajstić information content (AvgIpc) is 2.12. The number of carbonyl (C=O) groups is 1. The highest BCUT2D eigenvalue weighted by molar-refractivity contribution is 5.74. The summed E-state index contributed by atoms with van der Waals surface area (Å²) < 4.78 is 133. The van der Waals surface area contributed by atoms with Crippen molar-refractivity contribution in [2.45, 2.75) is 30.2 Å². The Morgan fingerprint density at radius 2 is 1.10 bits per heavy atom. The second kappa shape index (κ2) is 5.43. The van der Waals surface area contributed by atoms with E-state index in [1.807, 2.05) is 0 Å². The molecule has 0 aromatic carbocycles. The van der Waals surface area contributed by atoms with Crippen LogP contribution in [0.4, 0.5) is 48.3 Å². The number of aliphatic carboxylic acids is 1. The SMILES string of the molecule is O=C([O-])C(F)(F)C(F)(F)OC(F)(F)C(F)(F)C(F)(F)F.[NH4+]. The second-order valence-electron chi connectivity index (χ2n) is 3.07. The molecule has 0 fully saturated rings. The van der Waals surface area contributed by atoms with Gasteiger partial charge in [0.1, 0.15) is 5.97 Å². The van der Waals surface area contributed by atoms with Gasteiger partial charge in [-0.3, -0.25) is 0 Å². The van der Waals surface area contributed by atoms with Crippen LogP contribution in [-0.4, -0.2) is 36.2 Å². The summed E-state index contributed by atoms with van der Waals surface area (Å²) in [5.41, 5.74) is 0. The van der Waals surface area contributed by atoms with E-state index in [4.69, 9.17) is 0 Å². The normalized spacial score (nSPS) is 14.6. The van der Waals surface area contributed by atoms with Gasteiger partial charge in [-0.1, -0.05) is 0 Å². The van der Waals surface area contributed by atoms with E-state index >= 15 is 0 Å². The van der Waals surface area contributed by atoms with Gasteiger partial charge in [0.15, 0.2) is 0 Å². The van der Waals surface area contributed by atoms with E-state index in [-0.39, 0.29) is 6.15 Å². The van der Waals surface area contributed by atoms with Crippen LogP contribution in [0.5, 0.6) is 0 Å². The molecular formula is C6H4F11NO3. The number of halogens is 11. The van der Waals surface area contributed by atoms with Crippen molar-refractivity contribution in [3.8, 4) is 0 Å². The van der Waals surface area contributed by atoms with E-state index in [0.29, 0.717) is 0 Å². The van der Waals surface area contributed by atoms with Crippen LogP contribution in [0.2, 0.25) is 0 Å². The Morgan fingerprint density at radius 1 is 0.762 bits per heavy atom. The van der Waals surface area contributed by atoms with Gasteiger partial charge in [-0.15, -0.1) is 0 Å². The van der Waals surface area contributed by atoms with Crippen molar-refractivity contribution in [2.24, 2.45) is 0 Å². The van der Waals surface area contributed by atoms with Gasteiger partial charge in [0, 0.05) is 0 Å². The summed E-state index contributed by atoms with van der Waals surface area (Å²) in [6.07, 6.45) is -21.2. The van der Waals surface area contributed by atoms with Gasteiger partial charge in [-0.05, 0) is 0 Å². The molecule has 0 spiro atoms. The minimum absolute atomic E-state index is 0. The van der Waals surface area contributed by atoms with Crippen LogP contribution < -0.4 is 11.3 Å². The molecule has 21 heavy (non-hydrogen) atoms. The summed E-state index contributed by atoms with van der Waals surface area (Å²) in [5.74, 6) is -17.9. The molecule has 4 N–H and O–H groups in total. The van der Waals surface area contributed by atoms with Gasteiger partial charge >= 0.3 is 30.2 Å².